The zero-order chi connectivity index (χ0) is 8.97. The summed E-state index contributed by atoms with van der Waals surface area (Å²) >= 11 is 0. The fourth-order valence-electron chi connectivity index (χ4n) is 1.21. The maximum Gasteiger partial charge on any atom is 0.111 e. The third kappa shape index (κ3) is 2.16. The second-order valence-electron chi connectivity index (χ2n) is 3.32. The van der Waals surface area contributed by atoms with Crippen molar-refractivity contribution in [2.75, 3.05) is 0 Å². The van der Waals surface area contributed by atoms with E-state index in [1.807, 2.05) is 18.2 Å². The average Bonchev–Trinajstić information content (AvgIpc) is 2.04. The SMILES string of the molecule is CC(C)Cc1ccccc1N=O. The quantitative estimate of drug-likeness (QED) is 0.629. The Bertz CT molecular complexity index is 268. The summed E-state index contributed by atoms with van der Waals surface area (Å²) in [5.41, 5.74) is 1.62. The molecule has 0 aliphatic heterocycles. The molecule has 2 heteroatoms. The van der Waals surface area contributed by atoms with E-state index >= 15 is 0 Å². The lowest BCUT2D eigenvalue weighted by Crippen LogP contribution is -1.93. The maximum absolute atomic E-state index is 10.4. The number of hydrogen-bond donors (Lipinski definition) is 0. The summed E-state index contributed by atoms with van der Waals surface area (Å²) in [7, 11) is 0. The Hall–Kier alpha value is -1.18. The highest BCUT2D eigenvalue weighted by atomic mass is 16.3. The van der Waals surface area contributed by atoms with Crippen molar-refractivity contribution in [2.45, 2.75) is 20.3 Å². The molecule has 12 heavy (non-hydrogen) atoms. The summed E-state index contributed by atoms with van der Waals surface area (Å²) in [5.74, 6) is 0.563. The van der Waals surface area contributed by atoms with E-state index in [0.717, 1.165) is 12.0 Å². The molecule has 1 rings (SSSR count). The molecule has 0 fully saturated rings. The van der Waals surface area contributed by atoms with E-state index in [1.165, 1.54) is 0 Å². The average molecular weight is 163 g/mol. The molecule has 0 aliphatic carbocycles. The van der Waals surface area contributed by atoms with E-state index in [0.29, 0.717) is 11.6 Å². The van der Waals surface area contributed by atoms with Crippen molar-refractivity contribution in [1.82, 2.24) is 0 Å². The van der Waals surface area contributed by atoms with Crippen molar-refractivity contribution >= 4 is 5.69 Å². The van der Waals surface area contributed by atoms with E-state index in [1.54, 1.807) is 6.07 Å². The summed E-state index contributed by atoms with van der Waals surface area (Å²) in [5, 5.41) is 2.97. The Morgan fingerprint density at radius 3 is 2.58 bits per heavy atom. The first-order chi connectivity index (χ1) is 5.74. The Kier molecular flexibility index (Phi) is 2.97. The van der Waals surface area contributed by atoms with Gasteiger partial charge in [0.15, 0.2) is 0 Å². The molecule has 0 aliphatic rings. The zero-order valence-corrected chi connectivity index (χ0v) is 7.45. The smallest absolute Gasteiger partial charge is 0.111 e. The molecular formula is C10H13NO. The molecule has 1 aromatic carbocycles. The summed E-state index contributed by atoms with van der Waals surface area (Å²) < 4.78 is 0. The summed E-state index contributed by atoms with van der Waals surface area (Å²) in [6.07, 6.45) is 0.919. The van der Waals surface area contributed by atoms with E-state index in [4.69, 9.17) is 0 Å². The van der Waals surface area contributed by atoms with Gasteiger partial charge in [-0.25, -0.2) is 0 Å². The molecule has 0 saturated carbocycles. The van der Waals surface area contributed by atoms with E-state index in [2.05, 4.69) is 19.0 Å². The van der Waals surface area contributed by atoms with Gasteiger partial charge in [0.1, 0.15) is 5.69 Å². The molecule has 0 heterocycles. The molecule has 2 nitrogen and oxygen atoms in total. The van der Waals surface area contributed by atoms with Gasteiger partial charge in [-0.15, -0.1) is 4.91 Å². The van der Waals surface area contributed by atoms with Crippen molar-refractivity contribution in [3.8, 4) is 0 Å². The van der Waals surface area contributed by atoms with E-state index < -0.39 is 0 Å². The number of rotatable bonds is 3. The molecule has 0 N–H and O–H groups in total. The van der Waals surface area contributed by atoms with Crippen LogP contribution in [0.5, 0.6) is 0 Å². The van der Waals surface area contributed by atoms with Crippen LogP contribution in [0.4, 0.5) is 5.69 Å². The normalized spacial score (nSPS) is 10.2. The fourth-order valence-corrected chi connectivity index (χ4v) is 1.21. The zero-order valence-electron chi connectivity index (χ0n) is 7.45. The van der Waals surface area contributed by atoms with Gasteiger partial charge >= 0.3 is 0 Å². The van der Waals surface area contributed by atoms with Crippen LogP contribution < -0.4 is 0 Å². The first kappa shape index (κ1) is 8.91. The van der Waals surface area contributed by atoms with Gasteiger partial charge in [-0.2, -0.15) is 0 Å². The highest BCUT2D eigenvalue weighted by Gasteiger charge is 2.03. The first-order valence-electron chi connectivity index (χ1n) is 4.15. The molecular weight excluding hydrogens is 150 g/mol. The molecule has 0 spiro atoms. The Labute approximate surface area is 72.6 Å². The van der Waals surface area contributed by atoms with Crippen molar-refractivity contribution in [1.29, 1.82) is 0 Å². The van der Waals surface area contributed by atoms with Crippen LogP contribution in [0, 0.1) is 10.8 Å². The molecule has 0 aromatic heterocycles. The highest BCUT2D eigenvalue weighted by molar-refractivity contribution is 5.45. The number of benzene rings is 1. The third-order valence-corrected chi connectivity index (χ3v) is 1.72. The Morgan fingerprint density at radius 2 is 2.00 bits per heavy atom. The fraction of sp³-hybridized carbons (Fsp3) is 0.400. The molecule has 0 amide bonds. The third-order valence-electron chi connectivity index (χ3n) is 1.72. The summed E-state index contributed by atoms with van der Waals surface area (Å²) in [4.78, 5) is 10.4. The molecule has 0 unspecified atom stereocenters. The second kappa shape index (κ2) is 4.00. The largest absolute Gasteiger partial charge is 0.145 e. The first-order valence-corrected chi connectivity index (χ1v) is 4.15. The number of nitrogens with zero attached hydrogens (tertiary/aromatic N) is 1. The minimum Gasteiger partial charge on any atom is -0.145 e. The van der Waals surface area contributed by atoms with E-state index in [9.17, 15) is 4.91 Å². The van der Waals surface area contributed by atoms with Crippen LogP contribution in [0.15, 0.2) is 29.4 Å². The van der Waals surface area contributed by atoms with Gasteiger partial charge in [-0.3, -0.25) is 0 Å². The molecule has 0 saturated heterocycles. The van der Waals surface area contributed by atoms with Gasteiger partial charge in [-0.1, -0.05) is 32.0 Å². The van der Waals surface area contributed by atoms with Crippen LogP contribution in [-0.2, 0) is 6.42 Å². The lowest BCUT2D eigenvalue weighted by Gasteiger charge is -2.05. The van der Waals surface area contributed by atoms with Crippen molar-refractivity contribution < 1.29 is 0 Å². The lowest BCUT2D eigenvalue weighted by molar-refractivity contribution is 0.648. The molecule has 0 atom stereocenters. The minimum atomic E-state index is 0.563. The van der Waals surface area contributed by atoms with Gasteiger partial charge in [0, 0.05) is 0 Å². The van der Waals surface area contributed by atoms with E-state index in [-0.39, 0.29) is 0 Å². The standard InChI is InChI=1S/C10H13NO/c1-8(2)7-9-5-3-4-6-10(9)11-12/h3-6,8H,7H2,1-2H3. The Morgan fingerprint density at radius 1 is 1.33 bits per heavy atom. The van der Waals surface area contributed by atoms with Crippen LogP contribution in [-0.4, -0.2) is 0 Å². The van der Waals surface area contributed by atoms with Gasteiger partial charge < -0.3 is 0 Å². The van der Waals surface area contributed by atoms with Crippen molar-refractivity contribution in [3.05, 3.63) is 34.7 Å². The maximum atomic E-state index is 10.4. The van der Waals surface area contributed by atoms with Crippen molar-refractivity contribution in [2.24, 2.45) is 11.1 Å². The topological polar surface area (TPSA) is 29.4 Å². The van der Waals surface area contributed by atoms with Crippen LogP contribution in [0.1, 0.15) is 19.4 Å². The van der Waals surface area contributed by atoms with Gasteiger partial charge in [-0.05, 0) is 29.1 Å². The van der Waals surface area contributed by atoms with Crippen LogP contribution in [0.25, 0.3) is 0 Å². The predicted octanol–water partition coefficient (Wildman–Crippen LogP) is 3.28. The highest BCUT2D eigenvalue weighted by Crippen LogP contribution is 2.20. The monoisotopic (exact) mass is 163 g/mol. The van der Waals surface area contributed by atoms with Gasteiger partial charge in [0.05, 0.1) is 0 Å². The van der Waals surface area contributed by atoms with Gasteiger partial charge in [0.25, 0.3) is 0 Å². The predicted molar refractivity (Wildman–Crippen MR) is 50.4 cm³/mol. The van der Waals surface area contributed by atoms with Crippen molar-refractivity contribution in [3.63, 3.8) is 0 Å². The second-order valence-corrected chi connectivity index (χ2v) is 3.32. The summed E-state index contributed by atoms with van der Waals surface area (Å²) in [6.45, 7) is 4.25. The number of nitroso groups, excluding NO2 is 1. The summed E-state index contributed by atoms with van der Waals surface area (Å²) in [6, 6.07) is 7.48. The van der Waals surface area contributed by atoms with Crippen LogP contribution >= 0.6 is 0 Å². The minimum absolute atomic E-state index is 0.563. The lowest BCUT2D eigenvalue weighted by atomic mass is 10.0. The molecule has 0 radical (unpaired) electrons. The molecule has 0 bridgehead atoms. The van der Waals surface area contributed by atoms with Crippen LogP contribution in [0.2, 0.25) is 0 Å². The Balaban J connectivity index is 2.89. The van der Waals surface area contributed by atoms with Crippen LogP contribution in [0.3, 0.4) is 0 Å². The molecule has 1 aromatic rings. The molecule has 64 valence electrons. The van der Waals surface area contributed by atoms with Gasteiger partial charge in [0.2, 0.25) is 0 Å². The number of hydrogen-bond acceptors (Lipinski definition) is 2.